The molecule has 0 bridgehead atoms. The lowest BCUT2D eigenvalue weighted by molar-refractivity contribution is 0.441. The Balaban J connectivity index is 2.06. The Hall–Kier alpha value is -0.530. The third kappa shape index (κ3) is 1.49. The minimum absolute atomic E-state index is 0.632. The van der Waals surface area contributed by atoms with E-state index in [1.54, 1.807) is 5.57 Å². The molecule has 2 aliphatic carbocycles. The van der Waals surface area contributed by atoms with Crippen molar-refractivity contribution in [2.24, 2.45) is 5.92 Å². The van der Waals surface area contributed by atoms with Crippen molar-refractivity contribution in [1.82, 2.24) is 5.32 Å². The smallest absolute Gasteiger partial charge is 0.0256 e. The van der Waals surface area contributed by atoms with Gasteiger partial charge in [-0.25, -0.2) is 0 Å². The average molecular weight is 222 g/mol. The maximum atomic E-state index is 6.29. The first-order chi connectivity index (χ1) is 7.25. The van der Waals surface area contributed by atoms with Crippen molar-refractivity contribution in [2.45, 2.75) is 32.2 Å². The van der Waals surface area contributed by atoms with Gasteiger partial charge in [-0.15, -0.1) is 0 Å². The minimum Gasteiger partial charge on any atom is -0.310 e. The second-order valence-corrected chi connectivity index (χ2v) is 5.30. The highest BCUT2D eigenvalue weighted by Gasteiger charge is 2.31. The number of rotatable bonds is 0. The molecule has 0 saturated carbocycles. The summed E-state index contributed by atoms with van der Waals surface area (Å²) >= 11 is 6.29. The quantitative estimate of drug-likeness (QED) is 0.663. The van der Waals surface area contributed by atoms with Gasteiger partial charge in [0.2, 0.25) is 0 Å². The van der Waals surface area contributed by atoms with Crippen LogP contribution in [0, 0.1) is 5.92 Å². The Labute approximate surface area is 95.9 Å². The van der Waals surface area contributed by atoms with Gasteiger partial charge in [0.1, 0.15) is 0 Å². The fourth-order valence-corrected chi connectivity index (χ4v) is 3.29. The van der Waals surface area contributed by atoms with Crippen molar-refractivity contribution in [3.8, 4) is 0 Å². The van der Waals surface area contributed by atoms with E-state index >= 15 is 0 Å². The molecule has 0 unspecified atom stereocenters. The molecule has 1 heterocycles. The van der Waals surface area contributed by atoms with Gasteiger partial charge in [0.05, 0.1) is 0 Å². The van der Waals surface area contributed by atoms with Crippen LogP contribution in [-0.2, 0) is 0 Å². The van der Waals surface area contributed by atoms with Gasteiger partial charge in [-0.05, 0) is 48.8 Å². The molecule has 0 radical (unpaired) electrons. The van der Waals surface area contributed by atoms with E-state index < -0.39 is 0 Å². The summed E-state index contributed by atoms with van der Waals surface area (Å²) in [6.07, 6.45) is 8.01. The molecule has 1 aliphatic heterocycles. The summed E-state index contributed by atoms with van der Waals surface area (Å²) in [6.45, 7) is 3.29. The minimum atomic E-state index is 0.632. The van der Waals surface area contributed by atoms with Gasteiger partial charge in [0, 0.05) is 17.6 Å². The Morgan fingerprint density at radius 1 is 1.40 bits per heavy atom. The largest absolute Gasteiger partial charge is 0.310 e. The predicted molar refractivity (Wildman–Crippen MR) is 63.9 cm³/mol. The molecule has 2 heteroatoms. The first-order valence-corrected chi connectivity index (χ1v) is 6.17. The molecule has 0 aromatic carbocycles. The summed E-state index contributed by atoms with van der Waals surface area (Å²) in [6, 6.07) is 0.632. The van der Waals surface area contributed by atoms with Gasteiger partial charge >= 0.3 is 0 Å². The molecule has 0 aromatic heterocycles. The summed E-state index contributed by atoms with van der Waals surface area (Å²) in [5.74, 6) is 0.734. The standard InChI is InChI=1S/C13H16ClN/c1-8-6-9-3-5-12(14)11-4-2-10(7-15-8)13(9)11/h2,4,8-9,15H,3,5-7H2,1H3/t8-,9-/m1/s1. The molecular weight excluding hydrogens is 206 g/mol. The monoisotopic (exact) mass is 221 g/mol. The van der Waals surface area contributed by atoms with Gasteiger partial charge in [-0.3, -0.25) is 0 Å². The normalized spacial score (nSPS) is 34.5. The van der Waals surface area contributed by atoms with Crippen molar-refractivity contribution < 1.29 is 0 Å². The van der Waals surface area contributed by atoms with E-state index in [0.717, 1.165) is 23.9 Å². The van der Waals surface area contributed by atoms with Crippen LogP contribution < -0.4 is 5.32 Å². The maximum absolute atomic E-state index is 6.29. The predicted octanol–water partition coefficient (Wildman–Crippen LogP) is 3.14. The van der Waals surface area contributed by atoms with Gasteiger partial charge < -0.3 is 5.32 Å². The van der Waals surface area contributed by atoms with Crippen molar-refractivity contribution in [1.29, 1.82) is 0 Å². The maximum Gasteiger partial charge on any atom is 0.0256 e. The highest BCUT2D eigenvalue weighted by Crippen LogP contribution is 2.44. The van der Waals surface area contributed by atoms with E-state index in [1.807, 2.05) is 0 Å². The Morgan fingerprint density at radius 2 is 2.27 bits per heavy atom. The van der Waals surface area contributed by atoms with Crippen molar-refractivity contribution >= 4 is 11.6 Å². The highest BCUT2D eigenvalue weighted by atomic mass is 35.5. The Morgan fingerprint density at radius 3 is 3.13 bits per heavy atom. The van der Waals surface area contributed by atoms with Gasteiger partial charge in [-0.1, -0.05) is 23.8 Å². The van der Waals surface area contributed by atoms with E-state index in [4.69, 9.17) is 11.6 Å². The van der Waals surface area contributed by atoms with Crippen LogP contribution >= 0.6 is 11.6 Å². The topological polar surface area (TPSA) is 12.0 Å². The molecule has 2 atom stereocenters. The molecule has 80 valence electrons. The van der Waals surface area contributed by atoms with Crippen LogP contribution in [0.2, 0.25) is 0 Å². The number of halogens is 1. The number of hydrogen-bond donors (Lipinski definition) is 1. The lowest BCUT2D eigenvalue weighted by Crippen LogP contribution is -2.27. The second-order valence-electron chi connectivity index (χ2n) is 4.84. The van der Waals surface area contributed by atoms with Crippen LogP contribution in [0.1, 0.15) is 26.2 Å². The molecule has 1 N–H and O–H groups in total. The fraction of sp³-hybridized carbons (Fsp3) is 0.538. The lowest BCUT2D eigenvalue weighted by Gasteiger charge is -2.26. The molecule has 0 amide bonds. The Bertz CT molecular complexity index is 389. The van der Waals surface area contributed by atoms with E-state index in [1.165, 1.54) is 24.0 Å². The van der Waals surface area contributed by atoms with Crippen LogP contribution in [-0.4, -0.2) is 12.6 Å². The first-order valence-electron chi connectivity index (χ1n) is 5.79. The van der Waals surface area contributed by atoms with Crippen LogP contribution in [0.3, 0.4) is 0 Å². The number of allylic oxidation sites excluding steroid dienone is 4. The zero-order chi connectivity index (χ0) is 10.4. The third-order valence-electron chi connectivity index (χ3n) is 3.78. The van der Waals surface area contributed by atoms with E-state index in [9.17, 15) is 0 Å². The zero-order valence-electron chi connectivity index (χ0n) is 9.02. The zero-order valence-corrected chi connectivity index (χ0v) is 9.77. The van der Waals surface area contributed by atoms with E-state index in [0.29, 0.717) is 6.04 Å². The van der Waals surface area contributed by atoms with Crippen LogP contribution in [0.4, 0.5) is 0 Å². The van der Waals surface area contributed by atoms with E-state index in [2.05, 4.69) is 24.4 Å². The van der Waals surface area contributed by atoms with Gasteiger partial charge in [0.25, 0.3) is 0 Å². The number of nitrogens with one attached hydrogen (secondary N) is 1. The number of hydrogen-bond acceptors (Lipinski definition) is 1. The van der Waals surface area contributed by atoms with Crippen molar-refractivity contribution in [2.75, 3.05) is 6.54 Å². The summed E-state index contributed by atoms with van der Waals surface area (Å²) in [5.41, 5.74) is 4.35. The molecule has 3 rings (SSSR count). The van der Waals surface area contributed by atoms with Crippen LogP contribution in [0.15, 0.2) is 33.9 Å². The van der Waals surface area contributed by atoms with Crippen molar-refractivity contribution in [3.63, 3.8) is 0 Å². The van der Waals surface area contributed by atoms with E-state index in [-0.39, 0.29) is 0 Å². The average Bonchev–Trinajstić information content (AvgIpc) is 2.57. The highest BCUT2D eigenvalue weighted by molar-refractivity contribution is 6.30. The molecule has 0 aromatic rings. The molecule has 0 spiro atoms. The summed E-state index contributed by atoms with van der Waals surface area (Å²) in [7, 11) is 0. The first kappa shape index (κ1) is 9.68. The van der Waals surface area contributed by atoms with Gasteiger partial charge in [0.15, 0.2) is 0 Å². The molecule has 0 saturated heterocycles. The summed E-state index contributed by atoms with van der Waals surface area (Å²) < 4.78 is 0. The van der Waals surface area contributed by atoms with Gasteiger partial charge in [-0.2, -0.15) is 0 Å². The SMILES string of the molecule is C[C@@H]1C[C@H]2CCC(Cl)=C3C=CC(=C32)CN1. The molecule has 3 aliphatic rings. The summed E-state index contributed by atoms with van der Waals surface area (Å²) in [5, 5.41) is 4.64. The lowest BCUT2D eigenvalue weighted by atomic mass is 9.81. The molecule has 15 heavy (non-hydrogen) atoms. The Kier molecular flexibility index (Phi) is 2.26. The van der Waals surface area contributed by atoms with Crippen LogP contribution in [0.5, 0.6) is 0 Å². The second kappa shape index (κ2) is 3.50. The third-order valence-corrected chi connectivity index (χ3v) is 4.17. The molecular formula is C13H16ClN. The summed E-state index contributed by atoms with van der Waals surface area (Å²) in [4.78, 5) is 0. The molecule has 1 nitrogen and oxygen atoms in total. The fourth-order valence-electron chi connectivity index (χ4n) is 3.02. The van der Waals surface area contributed by atoms with Crippen molar-refractivity contribution in [3.05, 3.63) is 33.9 Å². The molecule has 0 fully saturated rings. The van der Waals surface area contributed by atoms with Crippen LogP contribution in [0.25, 0.3) is 0 Å².